The lowest BCUT2D eigenvalue weighted by molar-refractivity contribution is -0.135. The van der Waals surface area contributed by atoms with Crippen LogP contribution < -0.4 is 0 Å². The van der Waals surface area contributed by atoms with Gasteiger partial charge in [0, 0.05) is 31.9 Å². The van der Waals surface area contributed by atoms with Gasteiger partial charge >= 0.3 is 0 Å². The molecule has 1 amide bonds. The highest BCUT2D eigenvalue weighted by Gasteiger charge is 2.22. The second-order valence-electron chi connectivity index (χ2n) is 4.98. The molecule has 0 radical (unpaired) electrons. The number of carbonyl (C=O) groups is 1. The summed E-state index contributed by atoms with van der Waals surface area (Å²) in [4.78, 5) is 18.2. The van der Waals surface area contributed by atoms with Gasteiger partial charge in [0.2, 0.25) is 5.91 Å². The number of allylic oxidation sites excluding steroid dienone is 2. The van der Waals surface area contributed by atoms with E-state index in [0.29, 0.717) is 6.54 Å². The quantitative estimate of drug-likeness (QED) is 0.766. The van der Waals surface area contributed by atoms with E-state index in [1.807, 2.05) is 31.1 Å². The standard InChI is InChI=1S/C15H20N2O/c1-12-10-16-9-8-14(12)11-17(2)15(18)13-6-4-3-5-7-13/h3-4,8-10,13H,5-7,11H2,1-2H3. The Labute approximate surface area is 109 Å². The molecule has 1 aromatic heterocycles. The molecular formula is C15H20N2O. The van der Waals surface area contributed by atoms with Gasteiger partial charge in [-0.3, -0.25) is 9.78 Å². The summed E-state index contributed by atoms with van der Waals surface area (Å²) < 4.78 is 0. The smallest absolute Gasteiger partial charge is 0.226 e. The average Bonchev–Trinajstić information content (AvgIpc) is 2.41. The van der Waals surface area contributed by atoms with Crippen LogP contribution in [-0.2, 0) is 11.3 Å². The molecule has 1 aromatic rings. The number of hydrogen-bond acceptors (Lipinski definition) is 2. The molecule has 1 aliphatic rings. The third-order valence-electron chi connectivity index (χ3n) is 3.54. The molecule has 0 spiro atoms. The van der Waals surface area contributed by atoms with Crippen molar-refractivity contribution in [2.75, 3.05) is 7.05 Å². The summed E-state index contributed by atoms with van der Waals surface area (Å²) in [5.41, 5.74) is 2.31. The van der Waals surface area contributed by atoms with Gasteiger partial charge < -0.3 is 4.90 Å². The number of hydrogen-bond donors (Lipinski definition) is 0. The fourth-order valence-corrected chi connectivity index (χ4v) is 2.34. The van der Waals surface area contributed by atoms with Crippen molar-refractivity contribution in [1.29, 1.82) is 0 Å². The van der Waals surface area contributed by atoms with E-state index in [0.717, 1.165) is 24.8 Å². The minimum atomic E-state index is 0.169. The fraction of sp³-hybridized carbons (Fsp3) is 0.467. The van der Waals surface area contributed by atoms with Crippen molar-refractivity contribution in [3.63, 3.8) is 0 Å². The summed E-state index contributed by atoms with van der Waals surface area (Å²) in [7, 11) is 1.89. The summed E-state index contributed by atoms with van der Waals surface area (Å²) in [5.74, 6) is 0.428. The average molecular weight is 244 g/mol. The summed E-state index contributed by atoms with van der Waals surface area (Å²) >= 11 is 0. The maximum atomic E-state index is 12.3. The molecule has 3 nitrogen and oxygen atoms in total. The summed E-state index contributed by atoms with van der Waals surface area (Å²) in [6.45, 7) is 2.71. The van der Waals surface area contributed by atoms with Crippen molar-refractivity contribution in [2.24, 2.45) is 5.92 Å². The first-order valence-electron chi connectivity index (χ1n) is 6.48. The van der Waals surface area contributed by atoms with Crippen LogP contribution in [0.2, 0.25) is 0 Å². The molecule has 0 fully saturated rings. The largest absolute Gasteiger partial charge is 0.341 e. The molecule has 18 heavy (non-hydrogen) atoms. The zero-order valence-electron chi connectivity index (χ0n) is 11.1. The van der Waals surface area contributed by atoms with Crippen LogP contribution in [0.15, 0.2) is 30.6 Å². The Bertz CT molecular complexity index is 454. The predicted molar refractivity (Wildman–Crippen MR) is 71.9 cm³/mol. The van der Waals surface area contributed by atoms with Gasteiger partial charge in [-0.1, -0.05) is 12.2 Å². The van der Waals surface area contributed by atoms with Crippen LogP contribution >= 0.6 is 0 Å². The zero-order valence-corrected chi connectivity index (χ0v) is 11.1. The topological polar surface area (TPSA) is 33.2 Å². The molecule has 1 unspecified atom stereocenters. The minimum absolute atomic E-state index is 0.169. The number of aryl methyl sites for hydroxylation is 1. The second kappa shape index (κ2) is 5.80. The van der Waals surface area contributed by atoms with Gasteiger partial charge in [0.05, 0.1) is 0 Å². The van der Waals surface area contributed by atoms with Crippen LogP contribution in [0.1, 0.15) is 30.4 Å². The van der Waals surface area contributed by atoms with Crippen molar-refractivity contribution in [3.8, 4) is 0 Å². The normalized spacial score (nSPS) is 18.7. The molecular weight excluding hydrogens is 224 g/mol. The van der Waals surface area contributed by atoms with Gasteiger partial charge in [-0.25, -0.2) is 0 Å². The molecule has 0 aliphatic heterocycles. The third kappa shape index (κ3) is 2.97. The molecule has 0 bridgehead atoms. The Morgan fingerprint density at radius 1 is 1.50 bits per heavy atom. The van der Waals surface area contributed by atoms with Crippen LogP contribution in [0.4, 0.5) is 0 Å². The Balaban J connectivity index is 1.99. The minimum Gasteiger partial charge on any atom is -0.341 e. The number of aromatic nitrogens is 1. The van der Waals surface area contributed by atoms with Crippen LogP contribution in [0.3, 0.4) is 0 Å². The first kappa shape index (κ1) is 12.8. The van der Waals surface area contributed by atoms with Gasteiger partial charge in [0.1, 0.15) is 0 Å². The van der Waals surface area contributed by atoms with Crippen molar-refractivity contribution in [1.82, 2.24) is 9.88 Å². The molecule has 0 N–H and O–H groups in total. The van der Waals surface area contributed by atoms with E-state index in [1.54, 1.807) is 6.20 Å². The van der Waals surface area contributed by atoms with Gasteiger partial charge in [-0.2, -0.15) is 0 Å². The molecule has 3 heteroatoms. The molecule has 0 aromatic carbocycles. The van der Waals surface area contributed by atoms with E-state index >= 15 is 0 Å². The Morgan fingerprint density at radius 2 is 2.33 bits per heavy atom. The molecule has 0 saturated carbocycles. The Kier molecular flexibility index (Phi) is 4.13. The number of carbonyl (C=O) groups excluding carboxylic acids is 1. The fourth-order valence-electron chi connectivity index (χ4n) is 2.34. The molecule has 0 saturated heterocycles. The van der Waals surface area contributed by atoms with Gasteiger partial charge in [-0.05, 0) is 43.4 Å². The van der Waals surface area contributed by atoms with Crippen molar-refractivity contribution in [3.05, 3.63) is 41.7 Å². The van der Waals surface area contributed by atoms with Crippen LogP contribution in [-0.4, -0.2) is 22.8 Å². The van der Waals surface area contributed by atoms with E-state index in [9.17, 15) is 4.79 Å². The van der Waals surface area contributed by atoms with E-state index in [1.165, 1.54) is 5.56 Å². The van der Waals surface area contributed by atoms with Crippen LogP contribution in [0.25, 0.3) is 0 Å². The number of amides is 1. The predicted octanol–water partition coefficient (Wildman–Crippen LogP) is 2.70. The van der Waals surface area contributed by atoms with E-state index in [2.05, 4.69) is 17.1 Å². The maximum absolute atomic E-state index is 12.3. The maximum Gasteiger partial charge on any atom is 0.226 e. The highest BCUT2D eigenvalue weighted by Crippen LogP contribution is 2.21. The van der Waals surface area contributed by atoms with Crippen molar-refractivity contribution >= 4 is 5.91 Å². The lowest BCUT2D eigenvalue weighted by Gasteiger charge is -2.25. The summed E-state index contributed by atoms with van der Waals surface area (Å²) in [6.07, 6.45) is 10.8. The Hall–Kier alpha value is -1.64. The second-order valence-corrected chi connectivity index (χ2v) is 4.98. The first-order chi connectivity index (χ1) is 8.68. The van der Waals surface area contributed by atoms with Gasteiger partial charge in [-0.15, -0.1) is 0 Å². The van der Waals surface area contributed by atoms with Gasteiger partial charge in [0.25, 0.3) is 0 Å². The first-order valence-corrected chi connectivity index (χ1v) is 6.48. The highest BCUT2D eigenvalue weighted by atomic mass is 16.2. The lowest BCUT2D eigenvalue weighted by Crippen LogP contribution is -2.33. The number of rotatable bonds is 3. The van der Waals surface area contributed by atoms with Crippen molar-refractivity contribution in [2.45, 2.75) is 32.7 Å². The monoisotopic (exact) mass is 244 g/mol. The van der Waals surface area contributed by atoms with Crippen molar-refractivity contribution < 1.29 is 4.79 Å². The number of pyridine rings is 1. The van der Waals surface area contributed by atoms with Crippen LogP contribution in [0, 0.1) is 12.8 Å². The Morgan fingerprint density at radius 3 is 3.00 bits per heavy atom. The van der Waals surface area contributed by atoms with Gasteiger partial charge in [0.15, 0.2) is 0 Å². The van der Waals surface area contributed by atoms with E-state index in [4.69, 9.17) is 0 Å². The molecule has 1 heterocycles. The highest BCUT2D eigenvalue weighted by molar-refractivity contribution is 5.79. The SMILES string of the molecule is Cc1cnccc1CN(C)C(=O)C1CC=CCC1. The van der Waals surface area contributed by atoms with E-state index < -0.39 is 0 Å². The molecule has 2 rings (SSSR count). The van der Waals surface area contributed by atoms with E-state index in [-0.39, 0.29) is 11.8 Å². The third-order valence-corrected chi connectivity index (χ3v) is 3.54. The molecule has 1 aliphatic carbocycles. The summed E-state index contributed by atoms with van der Waals surface area (Å²) in [6, 6.07) is 1.99. The summed E-state index contributed by atoms with van der Waals surface area (Å²) in [5, 5.41) is 0. The molecule has 96 valence electrons. The zero-order chi connectivity index (χ0) is 13.0. The molecule has 1 atom stereocenters. The number of nitrogens with zero attached hydrogens (tertiary/aromatic N) is 2. The van der Waals surface area contributed by atoms with Crippen LogP contribution in [0.5, 0.6) is 0 Å². The lowest BCUT2D eigenvalue weighted by atomic mass is 9.93.